The minimum absolute atomic E-state index is 0.301. The Morgan fingerprint density at radius 1 is 0.417 bits per heavy atom. The lowest BCUT2D eigenvalue weighted by Gasteiger charge is -2.56. The molecule has 0 amide bonds. The molecule has 0 unspecified atom stereocenters. The van der Waals surface area contributed by atoms with Crippen LogP contribution in [-0.4, -0.2) is 0 Å². The van der Waals surface area contributed by atoms with Crippen LogP contribution in [0.4, 0.5) is 0 Å². The molecule has 146 valence electrons. The third-order valence-corrected chi connectivity index (χ3v) is 9.05. The van der Waals surface area contributed by atoms with E-state index in [4.69, 9.17) is 0 Å². The normalized spacial score (nSPS) is 20.0. The summed E-state index contributed by atoms with van der Waals surface area (Å²) < 4.78 is 0. The van der Waals surface area contributed by atoms with Gasteiger partial charge in [-0.1, -0.05) is 104 Å². The fourth-order valence-electron chi connectivity index (χ4n) is 5.04. The predicted molar refractivity (Wildman–Crippen MR) is 112 cm³/mol. The quantitative estimate of drug-likeness (QED) is 0.438. The number of rotatable bonds is 7. The van der Waals surface area contributed by atoms with E-state index in [0.29, 0.717) is 39.4 Å². The molecular formula is C24H50. The fraction of sp³-hybridized carbons (Fsp3) is 1.00. The van der Waals surface area contributed by atoms with Crippen LogP contribution in [0.15, 0.2) is 0 Å². The molecule has 0 saturated carbocycles. The van der Waals surface area contributed by atoms with Crippen LogP contribution in [0.2, 0.25) is 0 Å². The summed E-state index contributed by atoms with van der Waals surface area (Å²) in [6, 6.07) is 0. The molecule has 0 aliphatic rings. The zero-order chi connectivity index (χ0) is 19.9. The van der Waals surface area contributed by atoms with E-state index in [0.717, 1.165) is 11.8 Å². The van der Waals surface area contributed by atoms with Crippen LogP contribution >= 0.6 is 0 Å². The summed E-state index contributed by atoms with van der Waals surface area (Å²) in [5.74, 6) is 3.46. The van der Waals surface area contributed by atoms with E-state index in [-0.39, 0.29) is 0 Å². The Morgan fingerprint density at radius 3 is 1.00 bits per heavy atom. The van der Waals surface area contributed by atoms with Crippen LogP contribution in [0.5, 0.6) is 0 Å². The van der Waals surface area contributed by atoms with Gasteiger partial charge in [-0.15, -0.1) is 0 Å². The lowest BCUT2D eigenvalue weighted by Crippen LogP contribution is -2.49. The maximum absolute atomic E-state index is 2.52. The van der Waals surface area contributed by atoms with Crippen molar-refractivity contribution in [2.45, 2.75) is 104 Å². The van der Waals surface area contributed by atoms with E-state index < -0.39 is 0 Å². The van der Waals surface area contributed by atoms with Crippen molar-refractivity contribution in [3.05, 3.63) is 0 Å². The molecular weight excluding hydrogens is 288 g/mol. The summed E-state index contributed by atoms with van der Waals surface area (Å²) in [6.45, 7) is 36.9. The zero-order valence-electron chi connectivity index (χ0n) is 19.9. The van der Waals surface area contributed by atoms with Crippen LogP contribution in [0, 0.1) is 51.2 Å². The summed E-state index contributed by atoms with van der Waals surface area (Å²) in [6.07, 6.45) is 0. The Bertz CT molecular complexity index is 389. The average molecular weight is 339 g/mol. The molecule has 0 saturated heterocycles. The maximum atomic E-state index is 2.52. The molecule has 0 radical (unpaired) electrons. The van der Waals surface area contributed by atoms with Crippen molar-refractivity contribution in [1.29, 1.82) is 0 Å². The van der Waals surface area contributed by atoms with Crippen LogP contribution in [-0.2, 0) is 0 Å². The minimum Gasteiger partial charge on any atom is -0.0625 e. The largest absolute Gasteiger partial charge is 0.0625 e. The molecule has 0 aliphatic carbocycles. The molecule has 0 nitrogen and oxygen atoms in total. The van der Waals surface area contributed by atoms with Gasteiger partial charge in [-0.3, -0.25) is 0 Å². The van der Waals surface area contributed by atoms with Crippen molar-refractivity contribution in [3.63, 3.8) is 0 Å². The highest BCUT2D eigenvalue weighted by atomic mass is 14.5. The predicted octanol–water partition coefficient (Wildman–Crippen LogP) is 8.31. The third kappa shape index (κ3) is 4.59. The topological polar surface area (TPSA) is 0 Å². The Morgan fingerprint density at radius 2 is 0.708 bits per heavy atom. The van der Waals surface area contributed by atoms with Gasteiger partial charge in [0.15, 0.2) is 0 Å². The first-order chi connectivity index (χ1) is 10.3. The highest BCUT2D eigenvalue weighted by Gasteiger charge is 2.50. The molecule has 0 fully saturated rings. The molecule has 0 spiro atoms. The van der Waals surface area contributed by atoms with Crippen molar-refractivity contribution >= 4 is 0 Å². The lowest BCUT2D eigenvalue weighted by atomic mass is 9.49. The van der Waals surface area contributed by atoms with Gasteiger partial charge >= 0.3 is 0 Å². The van der Waals surface area contributed by atoms with Gasteiger partial charge in [-0.2, -0.15) is 0 Å². The number of hydrogen-bond acceptors (Lipinski definition) is 0. The molecule has 0 N–H and O–H groups in total. The fourth-order valence-corrected chi connectivity index (χ4v) is 5.04. The standard InChI is InChI=1S/C24H50/c1-16(2)17(3)22(10,11)19(5)24(14,15)20(6)23(12,13)18(4)21(7,8)9/h16-20H,1-15H3/t17-,18+,19-,20+/m0/s1. The average Bonchev–Trinajstić information content (AvgIpc) is 2.42. The van der Waals surface area contributed by atoms with E-state index in [9.17, 15) is 0 Å². The molecule has 0 bridgehead atoms. The smallest absolute Gasteiger partial charge is 0.0292 e. The van der Waals surface area contributed by atoms with E-state index in [1.807, 2.05) is 0 Å². The SMILES string of the molecule is CC(C)[C@H](C)C(C)(C)[C@H](C)C(C)(C)[C@H](C)C(C)(C)[C@H](C)C(C)(C)C. The molecule has 0 aromatic rings. The molecule has 24 heavy (non-hydrogen) atoms. The van der Waals surface area contributed by atoms with E-state index >= 15 is 0 Å². The molecule has 0 aromatic heterocycles. The van der Waals surface area contributed by atoms with Crippen LogP contribution < -0.4 is 0 Å². The van der Waals surface area contributed by atoms with Crippen molar-refractivity contribution in [2.24, 2.45) is 51.2 Å². The van der Waals surface area contributed by atoms with Gasteiger partial charge in [0, 0.05) is 0 Å². The molecule has 0 heteroatoms. The van der Waals surface area contributed by atoms with Crippen LogP contribution in [0.1, 0.15) is 104 Å². The summed E-state index contributed by atoms with van der Waals surface area (Å²) in [5.41, 5.74) is 1.30. The highest BCUT2D eigenvalue weighted by Crippen LogP contribution is 2.57. The first-order valence-corrected chi connectivity index (χ1v) is 10.3. The minimum atomic E-state index is 0.301. The molecule has 0 aliphatic heterocycles. The second kappa shape index (κ2) is 7.32. The van der Waals surface area contributed by atoms with Crippen molar-refractivity contribution in [1.82, 2.24) is 0 Å². The first kappa shape index (κ1) is 24.0. The van der Waals surface area contributed by atoms with Crippen LogP contribution in [0.25, 0.3) is 0 Å². The highest BCUT2D eigenvalue weighted by molar-refractivity contribution is 4.98. The van der Waals surface area contributed by atoms with Gasteiger partial charge in [0.2, 0.25) is 0 Å². The molecule has 0 rings (SSSR count). The number of hydrogen-bond donors (Lipinski definition) is 0. The van der Waals surface area contributed by atoms with Crippen LogP contribution in [0.3, 0.4) is 0 Å². The van der Waals surface area contributed by atoms with Crippen molar-refractivity contribution < 1.29 is 0 Å². The van der Waals surface area contributed by atoms with Crippen molar-refractivity contribution in [3.8, 4) is 0 Å². The monoisotopic (exact) mass is 338 g/mol. The second-order valence-corrected chi connectivity index (χ2v) is 12.0. The molecule has 4 atom stereocenters. The second-order valence-electron chi connectivity index (χ2n) is 12.0. The summed E-state index contributed by atoms with van der Waals surface area (Å²) >= 11 is 0. The van der Waals surface area contributed by atoms with E-state index in [1.54, 1.807) is 0 Å². The van der Waals surface area contributed by atoms with Gasteiger partial charge in [0.1, 0.15) is 0 Å². The summed E-state index contributed by atoms with van der Waals surface area (Å²) in [5, 5.41) is 0. The molecule has 0 aromatic carbocycles. The van der Waals surface area contributed by atoms with Gasteiger partial charge in [0.25, 0.3) is 0 Å². The Balaban J connectivity index is 5.72. The van der Waals surface area contributed by atoms with E-state index in [1.165, 1.54) is 0 Å². The summed E-state index contributed by atoms with van der Waals surface area (Å²) in [7, 11) is 0. The molecule has 0 heterocycles. The Hall–Kier alpha value is 0. The first-order valence-electron chi connectivity index (χ1n) is 10.3. The zero-order valence-corrected chi connectivity index (χ0v) is 19.9. The lowest BCUT2D eigenvalue weighted by molar-refractivity contribution is -0.0718. The Kier molecular flexibility index (Phi) is 7.32. The third-order valence-electron chi connectivity index (χ3n) is 9.05. The van der Waals surface area contributed by atoms with Crippen molar-refractivity contribution in [2.75, 3.05) is 0 Å². The van der Waals surface area contributed by atoms with Gasteiger partial charge < -0.3 is 0 Å². The van der Waals surface area contributed by atoms with Gasteiger partial charge in [-0.05, 0) is 51.2 Å². The van der Waals surface area contributed by atoms with Gasteiger partial charge in [0.05, 0.1) is 0 Å². The van der Waals surface area contributed by atoms with E-state index in [2.05, 4.69) is 104 Å². The van der Waals surface area contributed by atoms with Gasteiger partial charge in [-0.25, -0.2) is 0 Å². The Labute approximate surface area is 155 Å². The summed E-state index contributed by atoms with van der Waals surface area (Å²) in [4.78, 5) is 0. The maximum Gasteiger partial charge on any atom is -0.0292 e.